The first-order chi connectivity index (χ1) is 12.1. The van der Waals surface area contributed by atoms with Crippen molar-refractivity contribution in [2.45, 2.75) is 57.5 Å². The Morgan fingerprint density at radius 3 is 2.60 bits per heavy atom. The number of benzene rings is 2. The maximum Gasteiger partial charge on any atom is 0.260 e. The topological polar surface area (TPSA) is 49.3 Å². The summed E-state index contributed by atoms with van der Waals surface area (Å²) in [6.45, 7) is 2.07. The normalized spacial score (nSPS) is 15.9. The third kappa shape index (κ3) is 3.77. The van der Waals surface area contributed by atoms with Crippen molar-refractivity contribution in [3.05, 3.63) is 65.2 Å². The lowest BCUT2D eigenvalue weighted by Gasteiger charge is -2.29. The van der Waals surface area contributed by atoms with Crippen molar-refractivity contribution in [3.8, 4) is 0 Å². The molecule has 0 aliphatic heterocycles. The lowest BCUT2D eigenvalue weighted by molar-refractivity contribution is -0.136. The SMILES string of the molecule is CCCC[C@](O)(C(=O)Nc1cccc2c1CCCC2)c1ccccc1. The van der Waals surface area contributed by atoms with Gasteiger partial charge in [0.05, 0.1) is 0 Å². The first kappa shape index (κ1) is 17.7. The molecule has 1 amide bonds. The van der Waals surface area contributed by atoms with Gasteiger partial charge in [0, 0.05) is 5.69 Å². The molecule has 1 atom stereocenters. The average Bonchev–Trinajstić information content (AvgIpc) is 2.67. The summed E-state index contributed by atoms with van der Waals surface area (Å²) in [4.78, 5) is 13.1. The molecule has 1 aliphatic rings. The highest BCUT2D eigenvalue weighted by atomic mass is 16.3. The van der Waals surface area contributed by atoms with Crippen molar-refractivity contribution in [1.29, 1.82) is 0 Å². The summed E-state index contributed by atoms with van der Waals surface area (Å²) in [5.74, 6) is -0.328. The molecule has 0 heterocycles. The molecular formula is C22H27NO2. The number of fused-ring (bicyclic) bond motifs is 1. The number of hydrogen-bond acceptors (Lipinski definition) is 2. The van der Waals surface area contributed by atoms with Gasteiger partial charge in [0.1, 0.15) is 0 Å². The second-order valence-corrected chi connectivity index (χ2v) is 6.93. The van der Waals surface area contributed by atoms with E-state index in [9.17, 15) is 9.90 Å². The minimum atomic E-state index is -1.49. The number of aryl methyl sites for hydroxylation is 1. The van der Waals surface area contributed by atoms with Crippen LogP contribution >= 0.6 is 0 Å². The van der Waals surface area contributed by atoms with Gasteiger partial charge >= 0.3 is 0 Å². The first-order valence-electron chi connectivity index (χ1n) is 9.35. The largest absolute Gasteiger partial charge is 0.375 e. The van der Waals surface area contributed by atoms with E-state index >= 15 is 0 Å². The van der Waals surface area contributed by atoms with Crippen LogP contribution in [0.4, 0.5) is 5.69 Å². The van der Waals surface area contributed by atoms with Crippen molar-refractivity contribution in [3.63, 3.8) is 0 Å². The number of aliphatic hydroxyl groups is 1. The molecule has 0 bridgehead atoms. The fraction of sp³-hybridized carbons (Fsp3) is 0.409. The number of unbranched alkanes of at least 4 members (excludes halogenated alkanes) is 1. The molecule has 0 spiro atoms. The monoisotopic (exact) mass is 337 g/mol. The summed E-state index contributed by atoms with van der Waals surface area (Å²) in [5, 5.41) is 14.3. The Labute approximate surface area is 150 Å². The Hall–Kier alpha value is -2.13. The van der Waals surface area contributed by atoms with Crippen LogP contribution < -0.4 is 5.32 Å². The second kappa shape index (κ2) is 7.83. The highest BCUT2D eigenvalue weighted by Gasteiger charge is 2.37. The third-order valence-corrected chi connectivity index (χ3v) is 5.16. The summed E-state index contributed by atoms with van der Waals surface area (Å²) in [6.07, 6.45) is 6.57. The standard InChI is InChI=1S/C22H27NO2/c1-2-3-16-22(25,18-12-5-4-6-13-18)21(24)23-20-15-9-11-17-10-7-8-14-19(17)20/h4-6,9,11-13,15,25H,2-3,7-8,10,14,16H2,1H3,(H,23,24)/t22-/m1/s1. The van der Waals surface area contributed by atoms with Crippen molar-refractivity contribution >= 4 is 11.6 Å². The number of hydrogen-bond donors (Lipinski definition) is 2. The molecule has 25 heavy (non-hydrogen) atoms. The van der Waals surface area contributed by atoms with Crippen LogP contribution in [0.1, 0.15) is 55.7 Å². The van der Waals surface area contributed by atoms with E-state index in [-0.39, 0.29) is 5.91 Å². The number of nitrogens with one attached hydrogen (secondary N) is 1. The van der Waals surface area contributed by atoms with Gasteiger partial charge in [0.2, 0.25) is 0 Å². The Kier molecular flexibility index (Phi) is 5.54. The van der Waals surface area contributed by atoms with Gasteiger partial charge in [-0.15, -0.1) is 0 Å². The Bertz CT molecular complexity index is 726. The van der Waals surface area contributed by atoms with Gasteiger partial charge in [0.25, 0.3) is 5.91 Å². The van der Waals surface area contributed by atoms with E-state index < -0.39 is 5.60 Å². The average molecular weight is 337 g/mol. The molecular weight excluding hydrogens is 310 g/mol. The maximum absolute atomic E-state index is 13.1. The molecule has 2 N–H and O–H groups in total. The lowest BCUT2D eigenvalue weighted by atomic mass is 9.86. The fourth-order valence-corrected chi connectivity index (χ4v) is 3.66. The fourth-order valence-electron chi connectivity index (χ4n) is 3.66. The first-order valence-corrected chi connectivity index (χ1v) is 9.35. The number of carbonyl (C=O) groups is 1. The van der Waals surface area contributed by atoms with Crippen LogP contribution in [0, 0.1) is 0 Å². The van der Waals surface area contributed by atoms with Crippen molar-refractivity contribution in [2.24, 2.45) is 0 Å². The van der Waals surface area contributed by atoms with Gasteiger partial charge in [-0.05, 0) is 61.3 Å². The summed E-state index contributed by atoms with van der Waals surface area (Å²) < 4.78 is 0. The molecule has 3 nitrogen and oxygen atoms in total. The summed E-state index contributed by atoms with van der Waals surface area (Å²) in [7, 11) is 0. The Morgan fingerprint density at radius 1 is 1.08 bits per heavy atom. The second-order valence-electron chi connectivity index (χ2n) is 6.93. The molecule has 3 heteroatoms. The molecule has 0 saturated carbocycles. The zero-order chi connectivity index (χ0) is 17.7. The minimum Gasteiger partial charge on any atom is -0.375 e. The smallest absolute Gasteiger partial charge is 0.260 e. The van der Waals surface area contributed by atoms with Gasteiger partial charge in [-0.1, -0.05) is 55.8 Å². The number of rotatable bonds is 6. The van der Waals surface area contributed by atoms with Gasteiger partial charge in [-0.2, -0.15) is 0 Å². The van der Waals surface area contributed by atoms with Gasteiger partial charge in [-0.25, -0.2) is 0 Å². The third-order valence-electron chi connectivity index (χ3n) is 5.16. The van der Waals surface area contributed by atoms with Crippen LogP contribution in [0.5, 0.6) is 0 Å². The lowest BCUT2D eigenvalue weighted by Crippen LogP contribution is -2.40. The molecule has 0 radical (unpaired) electrons. The van der Waals surface area contributed by atoms with Crippen LogP contribution in [0.15, 0.2) is 48.5 Å². The number of carbonyl (C=O) groups excluding carboxylic acids is 1. The zero-order valence-corrected chi connectivity index (χ0v) is 14.9. The molecule has 0 unspecified atom stereocenters. The molecule has 3 rings (SSSR count). The van der Waals surface area contributed by atoms with Crippen molar-refractivity contribution in [1.82, 2.24) is 0 Å². The van der Waals surface area contributed by atoms with E-state index in [2.05, 4.69) is 18.3 Å². The predicted molar refractivity (Wildman–Crippen MR) is 102 cm³/mol. The Morgan fingerprint density at radius 2 is 1.84 bits per heavy atom. The van der Waals surface area contributed by atoms with E-state index in [1.807, 2.05) is 42.5 Å². The van der Waals surface area contributed by atoms with Gasteiger partial charge < -0.3 is 10.4 Å². The van der Waals surface area contributed by atoms with E-state index in [0.29, 0.717) is 12.0 Å². The van der Waals surface area contributed by atoms with Crippen LogP contribution in [0.3, 0.4) is 0 Å². The highest BCUT2D eigenvalue weighted by molar-refractivity contribution is 5.98. The molecule has 1 aliphatic carbocycles. The summed E-state index contributed by atoms with van der Waals surface area (Å²) in [5.41, 5.74) is 2.57. The number of amides is 1. The predicted octanol–water partition coefficient (Wildman–Crippen LogP) is 4.58. The summed E-state index contributed by atoms with van der Waals surface area (Å²) >= 11 is 0. The minimum absolute atomic E-state index is 0.328. The van der Waals surface area contributed by atoms with Crippen LogP contribution in [-0.4, -0.2) is 11.0 Å². The van der Waals surface area contributed by atoms with E-state index in [1.54, 1.807) is 0 Å². The van der Waals surface area contributed by atoms with Gasteiger partial charge in [0.15, 0.2) is 5.60 Å². The summed E-state index contributed by atoms with van der Waals surface area (Å²) in [6, 6.07) is 15.4. The molecule has 132 valence electrons. The Balaban J connectivity index is 1.89. The molecule has 2 aromatic rings. The molecule has 0 aromatic heterocycles. The number of anilines is 1. The molecule has 0 fully saturated rings. The quantitative estimate of drug-likeness (QED) is 0.810. The van der Waals surface area contributed by atoms with E-state index in [0.717, 1.165) is 37.8 Å². The van der Waals surface area contributed by atoms with E-state index in [4.69, 9.17) is 0 Å². The van der Waals surface area contributed by atoms with Crippen molar-refractivity contribution < 1.29 is 9.90 Å². The van der Waals surface area contributed by atoms with E-state index in [1.165, 1.54) is 17.5 Å². The molecule has 2 aromatic carbocycles. The zero-order valence-electron chi connectivity index (χ0n) is 14.9. The van der Waals surface area contributed by atoms with Crippen LogP contribution in [0.2, 0.25) is 0 Å². The van der Waals surface area contributed by atoms with Crippen LogP contribution in [0.25, 0.3) is 0 Å². The van der Waals surface area contributed by atoms with Crippen molar-refractivity contribution in [2.75, 3.05) is 5.32 Å². The maximum atomic E-state index is 13.1. The van der Waals surface area contributed by atoms with Gasteiger partial charge in [-0.3, -0.25) is 4.79 Å². The molecule has 0 saturated heterocycles. The highest BCUT2D eigenvalue weighted by Crippen LogP contribution is 2.32. The van der Waals surface area contributed by atoms with Crippen LogP contribution in [-0.2, 0) is 23.2 Å².